The van der Waals surface area contributed by atoms with Crippen LogP contribution in [0.4, 0.5) is 4.79 Å². The van der Waals surface area contributed by atoms with Gasteiger partial charge in [-0.2, -0.15) is 5.10 Å². The Hall–Kier alpha value is -3.03. The van der Waals surface area contributed by atoms with Crippen molar-refractivity contribution in [3.63, 3.8) is 0 Å². The first kappa shape index (κ1) is 21.7. The number of rotatable bonds is 7. The van der Waals surface area contributed by atoms with Crippen molar-refractivity contribution in [3.05, 3.63) is 53.9 Å². The van der Waals surface area contributed by atoms with Gasteiger partial charge in [0.25, 0.3) is 0 Å². The van der Waals surface area contributed by atoms with Crippen LogP contribution in [-0.2, 0) is 17.8 Å². The van der Waals surface area contributed by atoms with E-state index in [9.17, 15) is 4.79 Å². The second-order valence-corrected chi connectivity index (χ2v) is 7.32. The fraction of sp³-hybridized carbons (Fsp3) is 0.500. The Kier molecular flexibility index (Phi) is 8.11. The maximum absolute atomic E-state index is 11.9. The Morgan fingerprint density at radius 2 is 2.03 bits per heavy atom. The third kappa shape index (κ3) is 6.50. The molecule has 8 heteroatoms. The topological polar surface area (TPSA) is 83.8 Å². The Labute approximate surface area is 178 Å². The SMILES string of the molecule is CCNC(=NCc1cccc(Cn2cccn2)c1)NC1CCN(C(=O)OCC)CC1. The number of aromatic nitrogens is 2. The van der Waals surface area contributed by atoms with Gasteiger partial charge in [0.2, 0.25) is 0 Å². The minimum atomic E-state index is -0.216. The molecule has 1 aliphatic rings. The zero-order valence-corrected chi connectivity index (χ0v) is 17.9. The van der Waals surface area contributed by atoms with E-state index < -0.39 is 0 Å². The molecular formula is C22H32N6O2. The van der Waals surface area contributed by atoms with E-state index in [4.69, 9.17) is 9.73 Å². The summed E-state index contributed by atoms with van der Waals surface area (Å²) in [5, 5.41) is 11.1. The number of likely N-dealkylation sites (tertiary alicyclic amines) is 1. The summed E-state index contributed by atoms with van der Waals surface area (Å²) in [6.07, 6.45) is 5.29. The number of hydrogen-bond donors (Lipinski definition) is 2. The molecule has 30 heavy (non-hydrogen) atoms. The highest BCUT2D eigenvalue weighted by Gasteiger charge is 2.24. The first-order valence-electron chi connectivity index (χ1n) is 10.7. The van der Waals surface area contributed by atoms with Crippen LogP contribution in [0.25, 0.3) is 0 Å². The Morgan fingerprint density at radius 1 is 1.23 bits per heavy atom. The van der Waals surface area contributed by atoms with Crippen molar-refractivity contribution in [2.45, 2.75) is 45.8 Å². The van der Waals surface area contributed by atoms with Crippen LogP contribution >= 0.6 is 0 Å². The number of nitrogens with one attached hydrogen (secondary N) is 2. The lowest BCUT2D eigenvalue weighted by Crippen LogP contribution is -2.49. The zero-order chi connectivity index (χ0) is 21.2. The van der Waals surface area contributed by atoms with E-state index in [0.717, 1.165) is 37.5 Å². The van der Waals surface area contributed by atoms with Gasteiger partial charge in [-0.25, -0.2) is 9.79 Å². The Balaban J connectivity index is 1.54. The van der Waals surface area contributed by atoms with Crippen LogP contribution < -0.4 is 10.6 Å². The van der Waals surface area contributed by atoms with E-state index in [0.29, 0.717) is 32.3 Å². The number of nitrogens with zero attached hydrogens (tertiary/aromatic N) is 4. The van der Waals surface area contributed by atoms with Gasteiger partial charge in [0, 0.05) is 38.1 Å². The fourth-order valence-electron chi connectivity index (χ4n) is 3.51. The van der Waals surface area contributed by atoms with Gasteiger partial charge in [-0.1, -0.05) is 24.3 Å². The monoisotopic (exact) mass is 412 g/mol. The zero-order valence-electron chi connectivity index (χ0n) is 17.9. The van der Waals surface area contributed by atoms with E-state index in [1.807, 2.05) is 23.9 Å². The summed E-state index contributed by atoms with van der Waals surface area (Å²) >= 11 is 0. The molecule has 2 aromatic rings. The van der Waals surface area contributed by atoms with E-state index in [-0.39, 0.29) is 6.09 Å². The summed E-state index contributed by atoms with van der Waals surface area (Å²) in [5.74, 6) is 0.810. The maximum Gasteiger partial charge on any atom is 0.409 e. The van der Waals surface area contributed by atoms with Crippen molar-refractivity contribution in [1.82, 2.24) is 25.3 Å². The molecule has 1 aromatic carbocycles. The van der Waals surface area contributed by atoms with E-state index in [2.05, 4.69) is 46.9 Å². The molecule has 0 atom stereocenters. The van der Waals surface area contributed by atoms with Gasteiger partial charge in [-0.3, -0.25) is 4.68 Å². The van der Waals surface area contributed by atoms with Crippen molar-refractivity contribution in [2.24, 2.45) is 4.99 Å². The van der Waals surface area contributed by atoms with Crippen LogP contribution in [-0.4, -0.2) is 59.0 Å². The van der Waals surface area contributed by atoms with Gasteiger partial charge in [0.1, 0.15) is 0 Å². The summed E-state index contributed by atoms with van der Waals surface area (Å²) in [6, 6.07) is 10.7. The number of carbonyl (C=O) groups excluding carboxylic acids is 1. The van der Waals surface area contributed by atoms with Gasteiger partial charge < -0.3 is 20.3 Å². The quantitative estimate of drug-likeness (QED) is 0.540. The lowest BCUT2D eigenvalue weighted by molar-refractivity contribution is 0.0963. The first-order valence-corrected chi connectivity index (χ1v) is 10.7. The number of piperidine rings is 1. The highest BCUT2D eigenvalue weighted by Crippen LogP contribution is 2.12. The van der Waals surface area contributed by atoms with Gasteiger partial charge >= 0.3 is 6.09 Å². The maximum atomic E-state index is 11.9. The van der Waals surface area contributed by atoms with Crippen LogP contribution in [0, 0.1) is 0 Å². The smallest absolute Gasteiger partial charge is 0.409 e. The molecule has 0 bridgehead atoms. The third-order valence-corrected chi connectivity index (χ3v) is 5.02. The number of aliphatic imine (C=N–C) groups is 1. The number of guanidine groups is 1. The van der Waals surface area contributed by atoms with Crippen LogP contribution in [0.2, 0.25) is 0 Å². The molecule has 1 aromatic heterocycles. The van der Waals surface area contributed by atoms with Crippen molar-refractivity contribution < 1.29 is 9.53 Å². The molecule has 1 aliphatic heterocycles. The molecule has 2 heterocycles. The van der Waals surface area contributed by atoms with E-state index >= 15 is 0 Å². The predicted octanol–water partition coefficient (Wildman–Crippen LogP) is 2.61. The molecule has 0 unspecified atom stereocenters. The number of carbonyl (C=O) groups is 1. The molecule has 1 saturated heterocycles. The first-order chi connectivity index (χ1) is 14.7. The molecule has 0 aliphatic carbocycles. The lowest BCUT2D eigenvalue weighted by atomic mass is 10.1. The molecule has 0 saturated carbocycles. The van der Waals surface area contributed by atoms with Gasteiger partial charge in [0.05, 0.1) is 19.7 Å². The van der Waals surface area contributed by atoms with E-state index in [1.54, 1.807) is 11.1 Å². The molecule has 0 spiro atoms. The second kappa shape index (κ2) is 11.2. The third-order valence-electron chi connectivity index (χ3n) is 5.02. The van der Waals surface area contributed by atoms with Gasteiger partial charge in [0.15, 0.2) is 5.96 Å². The molecule has 0 radical (unpaired) electrons. The van der Waals surface area contributed by atoms with Crippen molar-refractivity contribution in [1.29, 1.82) is 0 Å². The van der Waals surface area contributed by atoms with Crippen molar-refractivity contribution in [2.75, 3.05) is 26.2 Å². The van der Waals surface area contributed by atoms with Crippen LogP contribution in [0.5, 0.6) is 0 Å². The van der Waals surface area contributed by atoms with E-state index in [1.165, 1.54) is 5.56 Å². The van der Waals surface area contributed by atoms with Crippen molar-refractivity contribution >= 4 is 12.1 Å². The molecule has 1 amide bonds. The molecule has 162 valence electrons. The summed E-state index contributed by atoms with van der Waals surface area (Å²) in [6.45, 7) is 7.86. The Morgan fingerprint density at radius 3 is 2.73 bits per heavy atom. The molecule has 1 fully saturated rings. The Bertz CT molecular complexity index is 813. The van der Waals surface area contributed by atoms with Crippen LogP contribution in [0.3, 0.4) is 0 Å². The van der Waals surface area contributed by atoms with Gasteiger partial charge in [-0.15, -0.1) is 0 Å². The number of benzene rings is 1. The molecule has 3 rings (SSSR count). The second-order valence-electron chi connectivity index (χ2n) is 7.32. The summed E-state index contributed by atoms with van der Waals surface area (Å²) in [5.41, 5.74) is 2.37. The molecular weight excluding hydrogens is 380 g/mol. The summed E-state index contributed by atoms with van der Waals surface area (Å²) < 4.78 is 7.00. The number of amides is 1. The van der Waals surface area contributed by atoms with Crippen LogP contribution in [0.1, 0.15) is 37.8 Å². The highest BCUT2D eigenvalue weighted by molar-refractivity contribution is 5.80. The standard InChI is InChI=1S/C22H32N6O2/c1-3-23-21(26-20-9-13-27(14-10-20)22(29)30-4-2)24-16-18-7-5-8-19(15-18)17-28-12-6-11-25-28/h5-8,11-12,15,20H,3-4,9-10,13-14,16-17H2,1-2H3,(H2,23,24,26). The largest absolute Gasteiger partial charge is 0.450 e. The number of ether oxygens (including phenoxy) is 1. The number of hydrogen-bond acceptors (Lipinski definition) is 4. The normalized spacial score (nSPS) is 15.1. The highest BCUT2D eigenvalue weighted by atomic mass is 16.6. The summed E-state index contributed by atoms with van der Waals surface area (Å²) in [4.78, 5) is 18.4. The van der Waals surface area contributed by atoms with Crippen molar-refractivity contribution in [3.8, 4) is 0 Å². The van der Waals surface area contributed by atoms with Gasteiger partial charge in [-0.05, 0) is 43.9 Å². The minimum absolute atomic E-state index is 0.216. The molecule has 2 N–H and O–H groups in total. The average Bonchev–Trinajstić information content (AvgIpc) is 3.26. The predicted molar refractivity (Wildman–Crippen MR) is 117 cm³/mol. The molecule has 8 nitrogen and oxygen atoms in total. The fourth-order valence-corrected chi connectivity index (χ4v) is 3.51. The summed E-state index contributed by atoms with van der Waals surface area (Å²) in [7, 11) is 0. The lowest BCUT2D eigenvalue weighted by Gasteiger charge is -2.32. The minimum Gasteiger partial charge on any atom is -0.450 e. The average molecular weight is 413 g/mol. The van der Waals surface area contributed by atoms with Crippen LogP contribution in [0.15, 0.2) is 47.7 Å².